The van der Waals surface area contributed by atoms with Crippen molar-refractivity contribution in [2.24, 2.45) is 0 Å². The van der Waals surface area contributed by atoms with Crippen molar-refractivity contribution >= 4 is 28.6 Å². The minimum Gasteiger partial charge on any atom is -0.423 e. The SMILES string of the molecule is Cc1cc(=O)oc2cc(NC(=O)NC(C)CN3CCCC3=O)ccc12. The summed E-state index contributed by atoms with van der Waals surface area (Å²) < 4.78 is 5.17. The fourth-order valence-corrected chi connectivity index (χ4v) is 3.07. The van der Waals surface area contributed by atoms with Crippen LogP contribution < -0.4 is 16.3 Å². The zero-order valence-corrected chi connectivity index (χ0v) is 14.3. The minimum atomic E-state index is -0.421. The van der Waals surface area contributed by atoms with Crippen LogP contribution in [-0.4, -0.2) is 36.0 Å². The molecule has 1 aromatic heterocycles. The standard InChI is InChI=1S/C18H21N3O4/c1-11-8-17(23)25-15-9-13(5-6-14(11)15)20-18(24)19-12(2)10-21-7-3-4-16(21)22/h5-6,8-9,12H,3-4,7,10H2,1-2H3,(H2,19,20,24). The maximum atomic E-state index is 12.1. The molecule has 1 unspecified atom stereocenters. The van der Waals surface area contributed by atoms with E-state index in [9.17, 15) is 14.4 Å². The number of hydrogen-bond donors (Lipinski definition) is 2. The molecule has 1 aliphatic rings. The third kappa shape index (κ3) is 3.99. The molecule has 1 atom stereocenters. The van der Waals surface area contributed by atoms with Crippen LogP contribution in [0.3, 0.4) is 0 Å². The van der Waals surface area contributed by atoms with E-state index in [4.69, 9.17) is 4.42 Å². The van der Waals surface area contributed by atoms with Crippen LogP contribution in [0.1, 0.15) is 25.3 Å². The van der Waals surface area contributed by atoms with Crippen molar-refractivity contribution in [3.8, 4) is 0 Å². The summed E-state index contributed by atoms with van der Waals surface area (Å²) in [4.78, 5) is 37.0. The minimum absolute atomic E-state index is 0.133. The number of hydrogen-bond acceptors (Lipinski definition) is 4. The van der Waals surface area contributed by atoms with Crippen molar-refractivity contribution in [3.05, 3.63) is 40.2 Å². The zero-order chi connectivity index (χ0) is 18.0. The van der Waals surface area contributed by atoms with Crippen molar-refractivity contribution in [1.29, 1.82) is 0 Å². The molecule has 7 nitrogen and oxygen atoms in total. The number of benzene rings is 1. The average molecular weight is 343 g/mol. The van der Waals surface area contributed by atoms with Gasteiger partial charge in [-0.15, -0.1) is 0 Å². The van der Waals surface area contributed by atoms with Crippen molar-refractivity contribution in [2.45, 2.75) is 32.7 Å². The summed E-state index contributed by atoms with van der Waals surface area (Å²) >= 11 is 0. The lowest BCUT2D eigenvalue weighted by Crippen LogP contribution is -2.44. The Hall–Kier alpha value is -2.83. The molecular weight excluding hydrogens is 322 g/mol. The number of likely N-dealkylation sites (tertiary alicyclic amines) is 1. The van der Waals surface area contributed by atoms with Crippen molar-refractivity contribution in [2.75, 3.05) is 18.4 Å². The van der Waals surface area contributed by atoms with Crippen LogP contribution in [0.2, 0.25) is 0 Å². The Morgan fingerprint density at radius 2 is 2.12 bits per heavy atom. The van der Waals surface area contributed by atoms with E-state index in [0.29, 0.717) is 24.2 Å². The van der Waals surface area contributed by atoms with E-state index in [2.05, 4.69) is 10.6 Å². The predicted molar refractivity (Wildman–Crippen MR) is 94.7 cm³/mol. The van der Waals surface area contributed by atoms with E-state index in [1.165, 1.54) is 6.07 Å². The Balaban J connectivity index is 1.63. The van der Waals surface area contributed by atoms with E-state index in [1.54, 1.807) is 23.1 Å². The first-order valence-corrected chi connectivity index (χ1v) is 8.32. The summed E-state index contributed by atoms with van der Waals surface area (Å²) in [6, 6.07) is 6.08. The van der Waals surface area contributed by atoms with E-state index in [1.807, 2.05) is 13.8 Å². The van der Waals surface area contributed by atoms with E-state index < -0.39 is 5.63 Å². The Morgan fingerprint density at radius 3 is 2.84 bits per heavy atom. The molecule has 0 spiro atoms. The third-order valence-corrected chi connectivity index (χ3v) is 4.25. The van der Waals surface area contributed by atoms with E-state index >= 15 is 0 Å². The quantitative estimate of drug-likeness (QED) is 0.833. The molecule has 0 radical (unpaired) electrons. The molecule has 2 aromatic rings. The highest BCUT2D eigenvalue weighted by Crippen LogP contribution is 2.20. The lowest BCUT2D eigenvalue weighted by atomic mass is 10.1. The maximum absolute atomic E-state index is 12.1. The van der Waals surface area contributed by atoms with Gasteiger partial charge in [-0.3, -0.25) is 4.79 Å². The summed E-state index contributed by atoms with van der Waals surface area (Å²) in [5.41, 5.74) is 1.36. The Kier molecular flexibility index (Phi) is 4.74. The molecule has 1 aromatic carbocycles. The number of nitrogens with zero attached hydrogens (tertiary/aromatic N) is 1. The molecule has 3 amide bonds. The zero-order valence-electron chi connectivity index (χ0n) is 14.3. The van der Waals surface area contributed by atoms with Gasteiger partial charge in [0.15, 0.2) is 0 Å². The summed E-state index contributed by atoms with van der Waals surface area (Å²) in [6.45, 7) is 4.93. The number of anilines is 1. The normalized spacial score (nSPS) is 15.4. The second kappa shape index (κ2) is 6.96. The molecule has 132 valence electrons. The third-order valence-electron chi connectivity index (χ3n) is 4.25. The lowest BCUT2D eigenvalue weighted by molar-refractivity contribution is -0.127. The van der Waals surface area contributed by atoms with Crippen molar-refractivity contribution in [1.82, 2.24) is 10.2 Å². The van der Waals surface area contributed by atoms with Gasteiger partial charge in [-0.1, -0.05) is 0 Å². The van der Waals surface area contributed by atoms with Crippen LogP contribution in [0.25, 0.3) is 11.0 Å². The van der Waals surface area contributed by atoms with Crippen LogP contribution in [0.4, 0.5) is 10.5 Å². The number of rotatable bonds is 4. The lowest BCUT2D eigenvalue weighted by Gasteiger charge is -2.21. The molecular formula is C18H21N3O4. The van der Waals surface area contributed by atoms with Crippen molar-refractivity contribution in [3.63, 3.8) is 0 Å². The van der Waals surface area contributed by atoms with Gasteiger partial charge in [-0.05, 0) is 38.0 Å². The smallest absolute Gasteiger partial charge is 0.336 e. The molecule has 7 heteroatoms. The molecule has 1 fully saturated rings. The number of urea groups is 1. The molecule has 1 aliphatic heterocycles. The largest absolute Gasteiger partial charge is 0.423 e. The molecule has 25 heavy (non-hydrogen) atoms. The topological polar surface area (TPSA) is 91.7 Å². The van der Waals surface area contributed by atoms with Gasteiger partial charge in [0.05, 0.1) is 0 Å². The molecule has 0 saturated carbocycles. The first kappa shape index (κ1) is 17.0. The van der Waals surface area contributed by atoms with Gasteiger partial charge in [0.25, 0.3) is 0 Å². The van der Waals surface area contributed by atoms with Gasteiger partial charge in [-0.2, -0.15) is 0 Å². The molecule has 0 aliphatic carbocycles. The summed E-state index contributed by atoms with van der Waals surface area (Å²) in [5.74, 6) is 0.133. The summed E-state index contributed by atoms with van der Waals surface area (Å²) in [5, 5.41) is 6.36. The van der Waals surface area contributed by atoms with Crippen LogP contribution in [0, 0.1) is 6.92 Å². The number of carbonyl (C=O) groups is 2. The van der Waals surface area contributed by atoms with Crippen LogP contribution in [-0.2, 0) is 4.79 Å². The average Bonchev–Trinajstić information content (AvgIpc) is 2.91. The van der Waals surface area contributed by atoms with Gasteiger partial charge in [0, 0.05) is 48.8 Å². The number of carbonyl (C=O) groups excluding carboxylic acids is 2. The number of aryl methyl sites for hydroxylation is 1. The van der Waals surface area contributed by atoms with Gasteiger partial charge < -0.3 is 20.0 Å². The highest BCUT2D eigenvalue weighted by atomic mass is 16.4. The Bertz CT molecular complexity index is 874. The monoisotopic (exact) mass is 343 g/mol. The number of fused-ring (bicyclic) bond motifs is 1. The first-order chi connectivity index (χ1) is 11.9. The van der Waals surface area contributed by atoms with Gasteiger partial charge >= 0.3 is 11.7 Å². The molecule has 1 saturated heterocycles. The second-order valence-electron chi connectivity index (χ2n) is 6.40. The fourth-order valence-electron chi connectivity index (χ4n) is 3.07. The number of amides is 3. The van der Waals surface area contributed by atoms with Crippen LogP contribution >= 0.6 is 0 Å². The van der Waals surface area contributed by atoms with Gasteiger partial charge in [-0.25, -0.2) is 9.59 Å². The Labute approximate surface area is 145 Å². The number of nitrogens with one attached hydrogen (secondary N) is 2. The van der Waals surface area contributed by atoms with E-state index in [0.717, 1.165) is 23.9 Å². The highest BCUT2D eigenvalue weighted by Gasteiger charge is 2.22. The van der Waals surface area contributed by atoms with E-state index in [-0.39, 0.29) is 18.0 Å². The Morgan fingerprint density at radius 1 is 1.32 bits per heavy atom. The van der Waals surface area contributed by atoms with Crippen LogP contribution in [0.5, 0.6) is 0 Å². The molecule has 3 rings (SSSR count). The highest BCUT2D eigenvalue weighted by molar-refractivity contribution is 5.92. The maximum Gasteiger partial charge on any atom is 0.336 e. The predicted octanol–water partition coefficient (Wildman–Crippen LogP) is 2.23. The summed E-state index contributed by atoms with van der Waals surface area (Å²) in [7, 11) is 0. The fraction of sp³-hybridized carbons (Fsp3) is 0.389. The molecule has 0 bridgehead atoms. The van der Waals surface area contributed by atoms with Gasteiger partial charge in [0.1, 0.15) is 5.58 Å². The molecule has 2 N–H and O–H groups in total. The second-order valence-corrected chi connectivity index (χ2v) is 6.40. The first-order valence-electron chi connectivity index (χ1n) is 8.32. The van der Waals surface area contributed by atoms with Crippen LogP contribution in [0.15, 0.2) is 33.5 Å². The van der Waals surface area contributed by atoms with Gasteiger partial charge in [0.2, 0.25) is 5.91 Å². The van der Waals surface area contributed by atoms with Crippen molar-refractivity contribution < 1.29 is 14.0 Å². The molecule has 2 heterocycles. The summed E-state index contributed by atoms with van der Waals surface area (Å²) in [6.07, 6.45) is 1.46.